The SMILES string of the molecule is Cc1cc(N2C(=S)NC(c3ccccn3)C2c2cccn2-c2ccccc2C)ccc1Br. The summed E-state index contributed by atoms with van der Waals surface area (Å²) < 4.78 is 3.35. The predicted molar refractivity (Wildman–Crippen MR) is 137 cm³/mol. The van der Waals surface area contributed by atoms with Gasteiger partial charge in [-0.15, -0.1) is 0 Å². The zero-order chi connectivity index (χ0) is 22.2. The van der Waals surface area contributed by atoms with Crippen LogP contribution in [0, 0.1) is 13.8 Å². The highest BCUT2D eigenvalue weighted by Gasteiger charge is 2.42. The second kappa shape index (κ2) is 8.52. The van der Waals surface area contributed by atoms with Crippen LogP contribution in [0.4, 0.5) is 5.69 Å². The lowest BCUT2D eigenvalue weighted by molar-refractivity contribution is 0.549. The fraction of sp³-hybridized carbons (Fsp3) is 0.154. The molecule has 0 radical (unpaired) electrons. The topological polar surface area (TPSA) is 33.1 Å². The lowest BCUT2D eigenvalue weighted by atomic mass is 10.00. The van der Waals surface area contributed by atoms with Crippen molar-refractivity contribution in [3.63, 3.8) is 0 Å². The minimum atomic E-state index is -0.0784. The Balaban J connectivity index is 1.69. The number of hydrogen-bond donors (Lipinski definition) is 1. The van der Waals surface area contributed by atoms with Gasteiger partial charge in [0.05, 0.1) is 11.7 Å². The minimum absolute atomic E-state index is 0.0624. The molecule has 1 N–H and O–H groups in total. The number of rotatable bonds is 4. The Morgan fingerprint density at radius 1 is 0.938 bits per heavy atom. The summed E-state index contributed by atoms with van der Waals surface area (Å²) in [7, 11) is 0. The molecule has 0 saturated carbocycles. The van der Waals surface area contributed by atoms with E-state index in [2.05, 4.69) is 116 Å². The smallest absolute Gasteiger partial charge is 0.174 e. The highest BCUT2D eigenvalue weighted by molar-refractivity contribution is 9.10. The molecule has 0 spiro atoms. The first-order chi connectivity index (χ1) is 15.5. The number of aromatic nitrogens is 2. The standard InChI is InChI=1S/C26H23BrN4S/c1-17-8-3-4-10-22(17)30-15-7-11-23(30)25-24(21-9-5-6-14-28-21)29-26(32)31(25)19-12-13-20(27)18(2)16-19/h3-16,24-25H,1-2H3,(H,29,32). The highest BCUT2D eigenvalue weighted by atomic mass is 79.9. The van der Waals surface area contributed by atoms with Crippen LogP contribution in [0.2, 0.25) is 0 Å². The average Bonchev–Trinajstić information content (AvgIpc) is 3.41. The Bertz CT molecular complexity index is 1280. The lowest BCUT2D eigenvalue weighted by Gasteiger charge is -2.29. The van der Waals surface area contributed by atoms with Crippen LogP contribution in [-0.2, 0) is 0 Å². The first-order valence-electron chi connectivity index (χ1n) is 10.5. The number of nitrogens with zero attached hydrogens (tertiary/aromatic N) is 3. The van der Waals surface area contributed by atoms with Gasteiger partial charge in [0.2, 0.25) is 0 Å². The van der Waals surface area contributed by atoms with Gasteiger partial charge in [0.15, 0.2) is 5.11 Å². The van der Waals surface area contributed by atoms with Crippen LogP contribution in [0.3, 0.4) is 0 Å². The number of thiocarbonyl (C=S) groups is 1. The van der Waals surface area contributed by atoms with Gasteiger partial charge in [0.1, 0.15) is 6.04 Å². The number of aryl methyl sites for hydroxylation is 2. The van der Waals surface area contributed by atoms with E-state index in [-0.39, 0.29) is 12.1 Å². The summed E-state index contributed by atoms with van der Waals surface area (Å²) in [6.07, 6.45) is 3.96. The molecule has 32 heavy (non-hydrogen) atoms. The van der Waals surface area contributed by atoms with Crippen LogP contribution in [-0.4, -0.2) is 14.7 Å². The Hall–Kier alpha value is -2.96. The van der Waals surface area contributed by atoms with Crippen LogP contribution in [0.5, 0.6) is 0 Å². The molecule has 160 valence electrons. The Morgan fingerprint density at radius 2 is 1.75 bits per heavy atom. The van der Waals surface area contributed by atoms with Crippen molar-refractivity contribution in [3.05, 3.63) is 112 Å². The molecule has 2 atom stereocenters. The molecule has 5 rings (SSSR count). The summed E-state index contributed by atoms with van der Waals surface area (Å²) in [6.45, 7) is 4.24. The van der Waals surface area contributed by atoms with E-state index in [1.165, 1.54) is 11.1 Å². The summed E-state index contributed by atoms with van der Waals surface area (Å²) in [4.78, 5) is 6.89. The van der Waals surface area contributed by atoms with Crippen molar-refractivity contribution in [3.8, 4) is 5.69 Å². The van der Waals surface area contributed by atoms with E-state index in [1.54, 1.807) is 0 Å². The van der Waals surface area contributed by atoms with E-state index in [4.69, 9.17) is 12.2 Å². The number of benzene rings is 2. The molecule has 1 fully saturated rings. The molecule has 4 aromatic rings. The van der Waals surface area contributed by atoms with Crippen LogP contribution >= 0.6 is 28.1 Å². The first kappa shape index (κ1) is 20.9. The summed E-state index contributed by atoms with van der Waals surface area (Å²) in [5.41, 5.74) is 6.73. The second-order valence-electron chi connectivity index (χ2n) is 8.02. The number of pyridine rings is 1. The number of anilines is 1. The van der Waals surface area contributed by atoms with Gasteiger partial charge in [-0.3, -0.25) is 4.98 Å². The monoisotopic (exact) mass is 502 g/mol. The molecule has 6 heteroatoms. The Labute approximate surface area is 202 Å². The maximum atomic E-state index is 5.88. The Morgan fingerprint density at radius 3 is 2.50 bits per heavy atom. The van der Waals surface area contributed by atoms with E-state index in [0.717, 1.165) is 27.2 Å². The summed E-state index contributed by atoms with van der Waals surface area (Å²) in [5, 5.41) is 4.25. The van der Waals surface area contributed by atoms with Crippen molar-refractivity contribution in [2.75, 3.05) is 4.90 Å². The van der Waals surface area contributed by atoms with Gasteiger partial charge in [-0.05, 0) is 85.7 Å². The van der Waals surface area contributed by atoms with Gasteiger partial charge < -0.3 is 14.8 Å². The number of para-hydroxylation sites is 1. The predicted octanol–water partition coefficient (Wildman–Crippen LogP) is 6.43. The van der Waals surface area contributed by atoms with Gasteiger partial charge in [-0.25, -0.2) is 0 Å². The normalized spacial score (nSPS) is 18.1. The van der Waals surface area contributed by atoms with Gasteiger partial charge >= 0.3 is 0 Å². The van der Waals surface area contributed by atoms with Crippen LogP contribution < -0.4 is 10.2 Å². The number of hydrogen-bond acceptors (Lipinski definition) is 2. The molecule has 1 aliphatic rings. The zero-order valence-corrected chi connectivity index (χ0v) is 20.3. The molecule has 1 aliphatic heterocycles. The molecular weight excluding hydrogens is 480 g/mol. The van der Waals surface area contributed by atoms with Crippen molar-refractivity contribution in [1.29, 1.82) is 0 Å². The van der Waals surface area contributed by atoms with Crippen LogP contribution in [0.15, 0.2) is 89.7 Å². The van der Waals surface area contributed by atoms with E-state index in [1.807, 2.05) is 18.3 Å². The van der Waals surface area contributed by atoms with Crippen molar-refractivity contribution >= 4 is 38.9 Å². The molecule has 0 amide bonds. The summed E-state index contributed by atoms with van der Waals surface area (Å²) in [5.74, 6) is 0. The molecule has 2 aromatic carbocycles. The third-order valence-corrected chi connectivity index (χ3v) is 7.18. The molecule has 0 aliphatic carbocycles. The van der Waals surface area contributed by atoms with Gasteiger partial charge in [-0.2, -0.15) is 0 Å². The van der Waals surface area contributed by atoms with Crippen molar-refractivity contribution in [2.24, 2.45) is 0 Å². The number of halogens is 1. The molecule has 2 unspecified atom stereocenters. The van der Waals surface area contributed by atoms with E-state index in [0.29, 0.717) is 5.11 Å². The molecule has 1 saturated heterocycles. The van der Waals surface area contributed by atoms with Crippen molar-refractivity contribution < 1.29 is 0 Å². The quantitative estimate of drug-likeness (QED) is 0.326. The average molecular weight is 503 g/mol. The van der Waals surface area contributed by atoms with E-state index >= 15 is 0 Å². The number of nitrogens with one attached hydrogen (secondary N) is 1. The third-order valence-electron chi connectivity index (χ3n) is 5.98. The van der Waals surface area contributed by atoms with E-state index in [9.17, 15) is 0 Å². The van der Waals surface area contributed by atoms with Gasteiger partial charge in [0.25, 0.3) is 0 Å². The van der Waals surface area contributed by atoms with Gasteiger partial charge in [0, 0.05) is 33.9 Å². The van der Waals surface area contributed by atoms with Crippen molar-refractivity contribution in [2.45, 2.75) is 25.9 Å². The van der Waals surface area contributed by atoms with Crippen LogP contribution in [0.25, 0.3) is 5.69 Å². The maximum Gasteiger partial charge on any atom is 0.174 e. The molecule has 2 aromatic heterocycles. The molecule has 4 nitrogen and oxygen atoms in total. The summed E-state index contributed by atoms with van der Waals surface area (Å²) in [6, 6.07) is 25.0. The van der Waals surface area contributed by atoms with E-state index < -0.39 is 0 Å². The minimum Gasteiger partial charge on any atom is -0.351 e. The molecule has 0 bridgehead atoms. The third kappa shape index (κ3) is 3.63. The Kier molecular flexibility index (Phi) is 5.57. The molecule has 3 heterocycles. The molecular formula is C26H23BrN4S. The van der Waals surface area contributed by atoms with Crippen LogP contribution in [0.1, 0.15) is 34.6 Å². The second-order valence-corrected chi connectivity index (χ2v) is 9.26. The van der Waals surface area contributed by atoms with Gasteiger partial charge in [-0.1, -0.05) is 40.2 Å². The zero-order valence-electron chi connectivity index (χ0n) is 17.9. The largest absolute Gasteiger partial charge is 0.351 e. The fourth-order valence-electron chi connectivity index (χ4n) is 4.40. The fourth-order valence-corrected chi connectivity index (χ4v) is 4.99. The first-order valence-corrected chi connectivity index (χ1v) is 11.7. The van der Waals surface area contributed by atoms with Crippen molar-refractivity contribution in [1.82, 2.24) is 14.9 Å². The maximum absolute atomic E-state index is 5.88. The highest BCUT2D eigenvalue weighted by Crippen LogP contribution is 2.43. The summed E-state index contributed by atoms with van der Waals surface area (Å²) >= 11 is 9.50. The lowest BCUT2D eigenvalue weighted by Crippen LogP contribution is -2.30.